The highest BCUT2D eigenvalue weighted by atomic mass is 35.5. The molecule has 6 heteroatoms. The average molecular weight is 393 g/mol. The zero-order valence-corrected chi connectivity index (χ0v) is 15.6. The number of benzene rings is 2. The fourth-order valence-electron chi connectivity index (χ4n) is 3.46. The summed E-state index contributed by atoms with van der Waals surface area (Å²) in [7, 11) is 0. The molecule has 1 amide bonds. The molecule has 28 heavy (non-hydrogen) atoms. The Morgan fingerprint density at radius 2 is 1.75 bits per heavy atom. The zero-order chi connectivity index (χ0) is 19.7. The molecule has 1 aliphatic heterocycles. The summed E-state index contributed by atoms with van der Waals surface area (Å²) < 4.78 is 0. The minimum absolute atomic E-state index is 0.220. The molecule has 2 heterocycles. The molecule has 1 aliphatic rings. The van der Waals surface area contributed by atoms with Crippen molar-refractivity contribution in [2.45, 2.75) is 18.6 Å². The summed E-state index contributed by atoms with van der Waals surface area (Å²) in [5, 5.41) is 11.9. The second kappa shape index (κ2) is 7.19. The first-order valence-electron chi connectivity index (χ1n) is 8.81. The van der Waals surface area contributed by atoms with Gasteiger partial charge in [0, 0.05) is 16.8 Å². The summed E-state index contributed by atoms with van der Waals surface area (Å²) >= 11 is 5.93. The molecule has 0 aliphatic carbocycles. The molecule has 140 valence electrons. The van der Waals surface area contributed by atoms with Crippen molar-refractivity contribution in [1.29, 1.82) is 0 Å². The van der Waals surface area contributed by atoms with E-state index in [1.165, 1.54) is 11.1 Å². The Balaban J connectivity index is 1.68. The summed E-state index contributed by atoms with van der Waals surface area (Å²) in [6.07, 6.45) is 1.14. The Kier molecular flexibility index (Phi) is 4.71. The van der Waals surface area contributed by atoms with Crippen molar-refractivity contribution in [2.75, 3.05) is 4.90 Å². The number of para-hydroxylation sites is 1. The molecule has 3 aromatic rings. The number of hydrogen-bond donors (Lipinski definition) is 1. The lowest BCUT2D eigenvalue weighted by Gasteiger charge is -2.22. The van der Waals surface area contributed by atoms with Crippen LogP contribution in [0.3, 0.4) is 0 Å². The number of carbonyl (C=O) groups excluding carboxylic acids is 2. The van der Waals surface area contributed by atoms with E-state index in [9.17, 15) is 14.7 Å². The van der Waals surface area contributed by atoms with Gasteiger partial charge in [-0.1, -0.05) is 48.0 Å². The number of amides is 1. The van der Waals surface area contributed by atoms with Crippen LogP contribution in [0.15, 0.2) is 72.9 Å². The number of Topliss-reactive ketones (excluding diaryl/α,β-unsaturated/α-hetero) is 1. The van der Waals surface area contributed by atoms with Crippen LogP contribution in [0.25, 0.3) is 0 Å². The van der Waals surface area contributed by atoms with E-state index in [1.54, 1.807) is 54.6 Å². The second-order valence-electron chi connectivity index (χ2n) is 6.71. The number of hydrogen-bond acceptors (Lipinski definition) is 4. The number of carbonyl (C=O) groups is 2. The van der Waals surface area contributed by atoms with Gasteiger partial charge in [-0.2, -0.15) is 0 Å². The minimum Gasteiger partial charge on any atom is -0.375 e. The first kappa shape index (κ1) is 18.3. The van der Waals surface area contributed by atoms with Gasteiger partial charge in [0.25, 0.3) is 5.91 Å². The van der Waals surface area contributed by atoms with Crippen LogP contribution in [0.2, 0.25) is 5.02 Å². The topological polar surface area (TPSA) is 70.5 Å². The third kappa shape index (κ3) is 3.19. The summed E-state index contributed by atoms with van der Waals surface area (Å²) in [6, 6.07) is 19.1. The van der Waals surface area contributed by atoms with E-state index in [1.807, 2.05) is 12.1 Å². The van der Waals surface area contributed by atoms with Crippen molar-refractivity contribution in [2.24, 2.45) is 0 Å². The van der Waals surface area contributed by atoms with Gasteiger partial charge >= 0.3 is 0 Å². The SMILES string of the molecule is O=C(C[C@]1(O)C(=O)N(Cc2ccc(Cl)cc2)c2ccccc21)c1ccccn1. The van der Waals surface area contributed by atoms with Gasteiger partial charge in [-0.3, -0.25) is 14.6 Å². The standard InChI is InChI=1S/C22H17ClN2O3/c23-16-10-8-15(9-11-16)14-25-19-7-2-1-5-17(19)22(28,21(25)27)13-20(26)18-6-3-4-12-24-18/h1-12,28H,13-14H2/t22-/m1/s1. The van der Waals surface area contributed by atoms with Gasteiger partial charge < -0.3 is 10.0 Å². The molecule has 1 N–H and O–H groups in total. The predicted molar refractivity (Wildman–Crippen MR) is 106 cm³/mol. The van der Waals surface area contributed by atoms with E-state index in [2.05, 4.69) is 4.98 Å². The van der Waals surface area contributed by atoms with Crippen molar-refractivity contribution in [3.63, 3.8) is 0 Å². The summed E-state index contributed by atoms with van der Waals surface area (Å²) in [4.78, 5) is 31.4. The van der Waals surface area contributed by atoms with Crippen LogP contribution in [0.5, 0.6) is 0 Å². The first-order chi connectivity index (χ1) is 13.5. The Labute approximate surface area is 167 Å². The van der Waals surface area contributed by atoms with Crippen molar-refractivity contribution in [3.05, 3.63) is 94.8 Å². The van der Waals surface area contributed by atoms with Crippen molar-refractivity contribution in [3.8, 4) is 0 Å². The van der Waals surface area contributed by atoms with Crippen molar-refractivity contribution in [1.82, 2.24) is 4.98 Å². The number of rotatable bonds is 5. The van der Waals surface area contributed by atoms with E-state index in [4.69, 9.17) is 11.6 Å². The number of anilines is 1. The summed E-state index contributed by atoms with van der Waals surface area (Å²) in [5.74, 6) is -0.910. The Morgan fingerprint density at radius 1 is 1.04 bits per heavy atom. The molecule has 0 unspecified atom stereocenters. The first-order valence-corrected chi connectivity index (χ1v) is 9.19. The van der Waals surface area contributed by atoms with Crippen molar-refractivity contribution >= 4 is 29.0 Å². The summed E-state index contributed by atoms with van der Waals surface area (Å²) in [6.45, 7) is 0.271. The Hall–Kier alpha value is -3.02. The van der Waals surface area contributed by atoms with Gasteiger partial charge in [-0.25, -0.2) is 0 Å². The largest absolute Gasteiger partial charge is 0.375 e. The number of pyridine rings is 1. The quantitative estimate of drug-likeness (QED) is 0.671. The molecular weight excluding hydrogens is 376 g/mol. The third-order valence-electron chi connectivity index (χ3n) is 4.86. The molecule has 0 saturated heterocycles. The van der Waals surface area contributed by atoms with Crippen LogP contribution in [-0.2, 0) is 16.9 Å². The van der Waals surface area contributed by atoms with Crippen LogP contribution >= 0.6 is 11.6 Å². The molecule has 1 atom stereocenters. The normalized spacial score (nSPS) is 18.2. The monoisotopic (exact) mass is 392 g/mol. The second-order valence-corrected chi connectivity index (χ2v) is 7.15. The number of halogens is 1. The van der Waals surface area contributed by atoms with Crippen LogP contribution < -0.4 is 4.90 Å². The van der Waals surface area contributed by atoms with Crippen LogP contribution in [0.1, 0.15) is 28.0 Å². The zero-order valence-electron chi connectivity index (χ0n) is 14.9. The smallest absolute Gasteiger partial charge is 0.264 e. The molecule has 0 saturated carbocycles. The predicted octanol–water partition coefficient (Wildman–Crippen LogP) is 3.74. The van der Waals surface area contributed by atoms with Gasteiger partial charge in [0.15, 0.2) is 11.4 Å². The van der Waals surface area contributed by atoms with E-state index in [-0.39, 0.29) is 24.4 Å². The molecular formula is C22H17ClN2O3. The van der Waals surface area contributed by atoms with Crippen molar-refractivity contribution < 1.29 is 14.7 Å². The highest BCUT2D eigenvalue weighted by molar-refractivity contribution is 6.30. The van der Waals surface area contributed by atoms with Gasteiger partial charge in [0.1, 0.15) is 5.69 Å². The van der Waals surface area contributed by atoms with E-state index >= 15 is 0 Å². The maximum Gasteiger partial charge on any atom is 0.264 e. The fourth-order valence-corrected chi connectivity index (χ4v) is 3.58. The van der Waals surface area contributed by atoms with Crippen LogP contribution in [0, 0.1) is 0 Å². The van der Waals surface area contributed by atoms with E-state index in [0.29, 0.717) is 16.3 Å². The maximum absolute atomic E-state index is 13.2. The number of nitrogens with zero attached hydrogens (tertiary/aromatic N) is 2. The van der Waals surface area contributed by atoms with Gasteiger partial charge in [-0.05, 0) is 35.9 Å². The van der Waals surface area contributed by atoms with Crippen LogP contribution in [0.4, 0.5) is 5.69 Å². The average Bonchev–Trinajstić information content (AvgIpc) is 2.92. The molecule has 5 nitrogen and oxygen atoms in total. The molecule has 1 aromatic heterocycles. The lowest BCUT2D eigenvalue weighted by Crippen LogP contribution is -2.41. The van der Waals surface area contributed by atoms with Crippen LogP contribution in [-0.4, -0.2) is 21.8 Å². The molecule has 0 fully saturated rings. The minimum atomic E-state index is -1.92. The molecule has 0 radical (unpaired) electrons. The highest BCUT2D eigenvalue weighted by Crippen LogP contribution is 2.43. The number of aliphatic hydroxyl groups is 1. The molecule has 2 aromatic carbocycles. The number of fused-ring (bicyclic) bond motifs is 1. The molecule has 4 rings (SSSR count). The summed E-state index contributed by atoms with van der Waals surface area (Å²) in [5.41, 5.74) is 0.194. The van der Waals surface area contributed by atoms with Gasteiger partial charge in [0.2, 0.25) is 0 Å². The van der Waals surface area contributed by atoms with E-state index < -0.39 is 11.5 Å². The molecule has 0 bridgehead atoms. The Morgan fingerprint density at radius 3 is 2.46 bits per heavy atom. The lowest BCUT2D eigenvalue weighted by atomic mass is 9.89. The maximum atomic E-state index is 13.2. The fraction of sp³-hybridized carbons (Fsp3) is 0.136. The Bertz CT molecular complexity index is 1040. The van der Waals surface area contributed by atoms with Gasteiger partial charge in [-0.15, -0.1) is 0 Å². The molecule has 0 spiro atoms. The number of aromatic nitrogens is 1. The lowest BCUT2D eigenvalue weighted by molar-refractivity contribution is -0.136. The highest BCUT2D eigenvalue weighted by Gasteiger charge is 2.50. The number of ketones is 1. The third-order valence-corrected chi connectivity index (χ3v) is 5.11. The van der Waals surface area contributed by atoms with E-state index in [0.717, 1.165) is 5.56 Å². The van der Waals surface area contributed by atoms with Gasteiger partial charge in [0.05, 0.1) is 18.7 Å².